The third kappa shape index (κ3) is 4.71. The Morgan fingerprint density at radius 3 is 2.64 bits per heavy atom. The fourth-order valence-electron chi connectivity index (χ4n) is 0.940. The minimum Gasteiger partial charge on any atom is -1.00 e. The molecule has 1 aliphatic heterocycles. The topological polar surface area (TPSA) is 21.5 Å². The third-order valence-corrected chi connectivity index (χ3v) is 1.55. The average molecular weight is 271 g/mol. The second-order valence-electron chi connectivity index (χ2n) is 2.29. The molecule has 0 amide bonds. The van der Waals surface area contributed by atoms with Crippen LogP contribution in [0.1, 0.15) is 0 Å². The van der Waals surface area contributed by atoms with E-state index < -0.39 is 0 Å². The lowest BCUT2D eigenvalue weighted by Gasteiger charge is -2.09. The highest BCUT2D eigenvalue weighted by atomic mass is 127. The monoisotopic (exact) mass is 271 g/mol. The lowest BCUT2D eigenvalue weighted by atomic mass is 10.5. The van der Waals surface area contributed by atoms with Crippen LogP contribution in [0.2, 0.25) is 0 Å². The molecule has 0 spiro atoms. The van der Waals surface area contributed by atoms with Crippen molar-refractivity contribution < 1.29 is 38.0 Å². The van der Waals surface area contributed by atoms with Gasteiger partial charge in [-0.2, -0.15) is 0 Å². The van der Waals surface area contributed by atoms with Crippen LogP contribution in [0.25, 0.3) is 0 Å². The van der Waals surface area contributed by atoms with Gasteiger partial charge in [0, 0.05) is 7.11 Å². The zero-order valence-corrected chi connectivity index (χ0v) is 8.91. The van der Waals surface area contributed by atoms with Crippen molar-refractivity contribution in [1.29, 1.82) is 0 Å². The van der Waals surface area contributed by atoms with Gasteiger partial charge in [-0.05, 0) is 0 Å². The van der Waals surface area contributed by atoms with Gasteiger partial charge in [0.2, 0.25) is 0 Å². The molecule has 1 aliphatic rings. The molecule has 1 fully saturated rings. The lowest BCUT2D eigenvalue weighted by molar-refractivity contribution is -0.546. The summed E-state index contributed by atoms with van der Waals surface area (Å²) in [5.41, 5.74) is 0. The predicted octanol–water partition coefficient (Wildman–Crippen LogP) is -3.25. The maximum atomic E-state index is 5.18. The number of methoxy groups -OCH3 is 1. The average Bonchev–Trinajstić information content (AvgIpc) is 2.03. The molecule has 1 rings (SSSR count). The number of hydrogen-bond acceptors (Lipinski definition) is 2. The Kier molecular flexibility index (Phi) is 7.20. The summed E-state index contributed by atoms with van der Waals surface area (Å²) in [7, 11) is 1.71. The van der Waals surface area contributed by atoms with E-state index in [1.54, 1.807) is 7.11 Å². The molecule has 0 aromatic heterocycles. The minimum atomic E-state index is 0. The second-order valence-corrected chi connectivity index (χ2v) is 2.29. The lowest BCUT2D eigenvalue weighted by Crippen LogP contribution is -3.00. The first-order valence-electron chi connectivity index (χ1n) is 3.57. The molecule has 66 valence electrons. The Morgan fingerprint density at radius 2 is 2.09 bits per heavy atom. The first kappa shape index (κ1) is 11.3. The van der Waals surface area contributed by atoms with Crippen LogP contribution >= 0.6 is 0 Å². The van der Waals surface area contributed by atoms with Gasteiger partial charge in [-0.15, -0.1) is 0 Å². The smallest absolute Gasteiger partial charge is 0.165 e. The fourth-order valence-corrected chi connectivity index (χ4v) is 0.940. The number of rotatable bonds is 2. The zero-order chi connectivity index (χ0) is 7.23. The summed E-state index contributed by atoms with van der Waals surface area (Å²) >= 11 is 0. The Morgan fingerprint density at radius 1 is 1.45 bits per heavy atom. The molecule has 1 heterocycles. The van der Waals surface area contributed by atoms with Crippen LogP contribution in [0.4, 0.5) is 0 Å². The summed E-state index contributed by atoms with van der Waals surface area (Å²) in [5, 5.41) is 0. The highest BCUT2D eigenvalue weighted by Gasteiger charge is 2.08. The number of halogens is 1. The Bertz CT molecular complexity index is 120. The normalized spacial score (nSPS) is 17.4. The second kappa shape index (κ2) is 7.00. The van der Waals surface area contributed by atoms with E-state index in [9.17, 15) is 0 Å². The summed E-state index contributed by atoms with van der Waals surface area (Å²) in [6.07, 6.45) is 2.07. The van der Waals surface area contributed by atoms with E-state index in [1.807, 2.05) is 0 Å². The molecule has 0 aromatic rings. The van der Waals surface area contributed by atoms with E-state index in [1.165, 1.54) is 0 Å². The van der Waals surface area contributed by atoms with Gasteiger partial charge < -0.3 is 33.5 Å². The van der Waals surface area contributed by atoms with Gasteiger partial charge in [-0.1, -0.05) is 0 Å². The van der Waals surface area contributed by atoms with Crippen molar-refractivity contribution in [3.05, 3.63) is 0 Å². The summed E-state index contributed by atoms with van der Waals surface area (Å²) in [4.78, 5) is 0. The molecule has 1 saturated heterocycles. The van der Waals surface area contributed by atoms with Crippen molar-refractivity contribution in [3.63, 3.8) is 0 Å². The van der Waals surface area contributed by atoms with Gasteiger partial charge in [0.1, 0.15) is 19.8 Å². The molecule has 0 atom stereocenters. The van der Waals surface area contributed by atoms with Gasteiger partial charge in [0.15, 0.2) is 19.3 Å². The van der Waals surface area contributed by atoms with Crippen LogP contribution < -0.4 is 24.0 Å². The van der Waals surface area contributed by atoms with Crippen molar-refractivity contribution >= 4 is 6.21 Å². The third-order valence-electron chi connectivity index (χ3n) is 1.55. The molecule has 0 unspecified atom stereocenters. The molecule has 4 heteroatoms. The maximum Gasteiger partial charge on any atom is 0.165 e. The van der Waals surface area contributed by atoms with Crippen LogP contribution in [0.3, 0.4) is 0 Å². The van der Waals surface area contributed by atoms with Gasteiger partial charge in [0.25, 0.3) is 0 Å². The van der Waals surface area contributed by atoms with Crippen molar-refractivity contribution in [2.75, 3.05) is 40.0 Å². The maximum absolute atomic E-state index is 5.18. The molecule has 0 N–H and O–H groups in total. The highest BCUT2D eigenvalue weighted by molar-refractivity contribution is 5.52. The van der Waals surface area contributed by atoms with E-state index in [0.29, 0.717) is 6.61 Å². The SMILES string of the molecule is COCC=[N+]1CCOCC1.[I-]. The van der Waals surface area contributed by atoms with E-state index in [4.69, 9.17) is 9.47 Å². The van der Waals surface area contributed by atoms with Crippen LogP contribution in [0, 0.1) is 0 Å². The first-order valence-corrected chi connectivity index (χ1v) is 3.57. The standard InChI is InChI=1S/C7H14NO2.HI/c1-9-5-2-8-3-6-10-7-4-8;/h2H,3-7H2,1H3;1H/q+1;/p-1. The van der Waals surface area contributed by atoms with Crippen molar-refractivity contribution in [3.8, 4) is 0 Å². The molecule has 3 nitrogen and oxygen atoms in total. The zero-order valence-electron chi connectivity index (χ0n) is 6.75. The molecule has 0 bridgehead atoms. The van der Waals surface area contributed by atoms with Crippen LogP contribution in [-0.4, -0.2) is 50.8 Å². The number of morpholine rings is 1. The molecule has 0 radical (unpaired) electrons. The summed E-state index contributed by atoms with van der Waals surface area (Å²) in [6, 6.07) is 0. The molecule has 0 aromatic carbocycles. The summed E-state index contributed by atoms with van der Waals surface area (Å²) in [5.74, 6) is 0. The van der Waals surface area contributed by atoms with Gasteiger partial charge in [-0.25, -0.2) is 4.58 Å². The first-order chi connectivity index (χ1) is 4.93. The molecular formula is C7H14INO2. The quantitative estimate of drug-likeness (QED) is 0.389. The summed E-state index contributed by atoms with van der Waals surface area (Å²) < 4.78 is 12.3. The molecule has 0 saturated carbocycles. The Balaban J connectivity index is 0.000001000. The summed E-state index contributed by atoms with van der Waals surface area (Å²) in [6.45, 7) is 4.41. The number of hydrogen-bond donors (Lipinski definition) is 0. The molecule has 0 aliphatic carbocycles. The van der Waals surface area contributed by atoms with E-state index in [0.717, 1.165) is 26.3 Å². The van der Waals surface area contributed by atoms with Gasteiger partial charge in [-0.3, -0.25) is 0 Å². The van der Waals surface area contributed by atoms with Crippen molar-refractivity contribution in [1.82, 2.24) is 0 Å². The fraction of sp³-hybridized carbons (Fsp3) is 0.857. The van der Waals surface area contributed by atoms with Crippen LogP contribution in [0.5, 0.6) is 0 Å². The van der Waals surface area contributed by atoms with Crippen molar-refractivity contribution in [2.24, 2.45) is 0 Å². The van der Waals surface area contributed by atoms with Crippen LogP contribution in [0.15, 0.2) is 0 Å². The molecule has 11 heavy (non-hydrogen) atoms. The van der Waals surface area contributed by atoms with Gasteiger partial charge in [0.05, 0.1) is 0 Å². The van der Waals surface area contributed by atoms with Gasteiger partial charge >= 0.3 is 0 Å². The highest BCUT2D eigenvalue weighted by Crippen LogP contribution is 1.86. The van der Waals surface area contributed by atoms with E-state index in [-0.39, 0.29) is 24.0 Å². The minimum absolute atomic E-state index is 0. The van der Waals surface area contributed by atoms with Crippen LogP contribution in [-0.2, 0) is 9.47 Å². The predicted molar refractivity (Wildman–Crippen MR) is 38.8 cm³/mol. The largest absolute Gasteiger partial charge is 1.00 e. The number of nitrogens with zero attached hydrogens (tertiary/aromatic N) is 1. The molecular weight excluding hydrogens is 257 g/mol. The Labute approximate surface area is 84.4 Å². The van der Waals surface area contributed by atoms with E-state index >= 15 is 0 Å². The number of ether oxygens (including phenoxy) is 2. The van der Waals surface area contributed by atoms with E-state index in [2.05, 4.69) is 10.8 Å². The van der Waals surface area contributed by atoms with Crippen molar-refractivity contribution in [2.45, 2.75) is 0 Å². The Hall–Kier alpha value is 0.320.